The second-order valence-electron chi connectivity index (χ2n) is 8.50. The minimum atomic E-state index is 0.0775. The van der Waals surface area contributed by atoms with Gasteiger partial charge in [-0.05, 0) is 85.8 Å². The summed E-state index contributed by atoms with van der Waals surface area (Å²) in [5.74, 6) is 0. The van der Waals surface area contributed by atoms with Crippen LogP contribution in [0.15, 0.2) is 42.5 Å². The Morgan fingerprint density at radius 3 is 1.65 bits per heavy atom. The molecule has 0 spiro atoms. The molecule has 3 aromatic carbocycles. The van der Waals surface area contributed by atoms with E-state index in [1.165, 1.54) is 38.2 Å². The quantitative estimate of drug-likeness (QED) is 0.147. The molecule has 0 aliphatic carbocycles. The van der Waals surface area contributed by atoms with E-state index in [2.05, 4.69) is 152 Å². The van der Waals surface area contributed by atoms with Gasteiger partial charge in [0.25, 0.3) is 0 Å². The van der Waals surface area contributed by atoms with E-state index in [4.69, 9.17) is 0 Å². The Labute approximate surface area is 198 Å². The van der Waals surface area contributed by atoms with Gasteiger partial charge in [-0.15, -0.1) is 0 Å². The van der Waals surface area contributed by atoms with Crippen LogP contribution in [0.3, 0.4) is 0 Å². The predicted molar refractivity (Wildman–Crippen MR) is 143 cm³/mol. The Kier molecular flexibility index (Phi) is 5.68. The summed E-state index contributed by atoms with van der Waals surface area (Å²) < 4.78 is 0.292. The molecule has 0 heterocycles. The number of hydrogen-bond donors (Lipinski definition) is 0. The van der Waals surface area contributed by atoms with Crippen molar-refractivity contribution in [3.05, 3.63) is 59.2 Å². The van der Waals surface area contributed by atoms with Gasteiger partial charge in [0.1, 0.15) is 0 Å². The third kappa shape index (κ3) is 4.04. The van der Waals surface area contributed by atoms with Crippen LogP contribution < -0.4 is 0 Å². The van der Waals surface area contributed by atoms with Gasteiger partial charge in [0.2, 0.25) is 0 Å². The highest BCUT2D eigenvalue weighted by Crippen LogP contribution is 2.45. The van der Waals surface area contributed by atoms with Crippen molar-refractivity contribution >= 4 is 89.3 Å². The van der Waals surface area contributed by atoms with Gasteiger partial charge < -0.3 is 0 Å². The Bertz CT molecular complexity index is 981. The van der Waals surface area contributed by atoms with Gasteiger partial charge in [-0.3, -0.25) is 0 Å². The molecule has 0 radical (unpaired) electrons. The molecule has 0 aliphatic heterocycles. The van der Waals surface area contributed by atoms with Crippen LogP contribution in [0.1, 0.15) is 58.2 Å². The van der Waals surface area contributed by atoms with E-state index in [9.17, 15) is 0 Å². The molecular weight excluding hydrogens is 657 g/mol. The van der Waals surface area contributed by atoms with Crippen molar-refractivity contribution in [2.75, 3.05) is 0 Å². The molecule has 0 aromatic heterocycles. The fourth-order valence-electron chi connectivity index (χ4n) is 3.56. The first-order valence-corrected chi connectivity index (χ1v) is 12.1. The zero-order valence-electron chi connectivity index (χ0n) is 16.2. The molecule has 0 aliphatic rings. The molecule has 0 atom stereocenters. The number of benzene rings is 3. The maximum atomic E-state index is 2.58. The van der Waals surface area contributed by atoms with Crippen molar-refractivity contribution in [3.8, 4) is 0 Å². The minimum Gasteiger partial charge on any atom is -0.0743 e. The van der Waals surface area contributed by atoms with Crippen LogP contribution in [-0.4, -0.2) is 0 Å². The highest BCUT2D eigenvalue weighted by Gasteiger charge is 2.26. The van der Waals surface area contributed by atoms with Crippen molar-refractivity contribution in [1.29, 1.82) is 0 Å². The van der Waals surface area contributed by atoms with Gasteiger partial charge in [-0.25, -0.2) is 0 Å². The van der Waals surface area contributed by atoms with Gasteiger partial charge in [-0.2, -0.15) is 0 Å². The predicted octanol–water partition coefficient (Wildman–Crippen LogP) is 9.00. The minimum absolute atomic E-state index is 0.0775. The summed E-state index contributed by atoms with van der Waals surface area (Å²) in [5, 5.41) is 5.52. The largest absolute Gasteiger partial charge is 0.0743 e. The molecule has 3 rings (SSSR count). The molecule has 3 aromatic rings. The lowest BCUT2D eigenvalue weighted by Gasteiger charge is -2.26. The molecule has 26 heavy (non-hydrogen) atoms. The lowest BCUT2D eigenvalue weighted by molar-refractivity contribution is 0.820. The van der Waals surface area contributed by atoms with Crippen LogP contribution >= 0.6 is 67.8 Å². The first kappa shape index (κ1) is 21.1. The molecule has 0 bridgehead atoms. The Balaban J connectivity index is 2.55. The van der Waals surface area contributed by atoms with Gasteiger partial charge in [0.05, 0.1) is 0 Å². The van der Waals surface area contributed by atoms with Crippen molar-refractivity contribution < 1.29 is 0 Å². The van der Waals surface area contributed by atoms with Crippen LogP contribution in [0.4, 0.5) is 0 Å². The molecule has 3 heteroatoms. The third-order valence-electron chi connectivity index (χ3n) is 4.97. The fourth-order valence-corrected chi connectivity index (χ4v) is 4.81. The lowest BCUT2D eigenvalue weighted by Crippen LogP contribution is -2.12. The second-order valence-corrected chi connectivity index (χ2v) is 16.6. The normalized spacial score (nSPS) is 13.6. The van der Waals surface area contributed by atoms with E-state index >= 15 is 0 Å². The Morgan fingerprint density at radius 1 is 0.577 bits per heavy atom. The maximum absolute atomic E-state index is 2.58. The zero-order chi connectivity index (χ0) is 19.5. The second kappa shape index (κ2) is 7.01. The number of halogens is 3. The van der Waals surface area contributed by atoms with E-state index in [0.29, 0.717) is 0 Å². The van der Waals surface area contributed by atoms with Crippen molar-refractivity contribution in [2.24, 2.45) is 0 Å². The van der Waals surface area contributed by atoms with E-state index < -0.39 is 0 Å². The van der Waals surface area contributed by atoms with Crippen LogP contribution in [0.2, 0.25) is 0 Å². The summed E-state index contributed by atoms with van der Waals surface area (Å²) in [7, 11) is 0. The van der Waals surface area contributed by atoms with E-state index in [1.807, 2.05) is 0 Å². The van der Waals surface area contributed by atoms with Crippen LogP contribution in [0, 0.1) is 0 Å². The van der Waals surface area contributed by atoms with Gasteiger partial charge >= 0.3 is 0 Å². The first-order chi connectivity index (χ1) is 11.8. The number of hydrogen-bond acceptors (Lipinski definition) is 0. The van der Waals surface area contributed by atoms with Crippen molar-refractivity contribution in [2.45, 2.75) is 51.8 Å². The Morgan fingerprint density at radius 2 is 1.12 bits per heavy atom. The van der Waals surface area contributed by atoms with Crippen LogP contribution in [0.5, 0.6) is 0 Å². The summed E-state index contributed by atoms with van der Waals surface area (Å²) in [4.78, 5) is 0. The van der Waals surface area contributed by atoms with E-state index in [0.717, 1.165) is 0 Å². The number of fused-ring (bicyclic) bond motifs is 3. The molecule has 0 fully saturated rings. The van der Waals surface area contributed by atoms with Crippen molar-refractivity contribution in [3.63, 3.8) is 0 Å². The summed E-state index contributed by atoms with van der Waals surface area (Å²) >= 11 is 7.68. The zero-order valence-corrected chi connectivity index (χ0v) is 22.6. The molecule has 0 N–H and O–H groups in total. The topological polar surface area (TPSA) is 0 Å². The average molecular weight is 682 g/mol. The highest BCUT2D eigenvalue weighted by atomic mass is 127. The summed E-state index contributed by atoms with van der Waals surface area (Å²) in [6.07, 6.45) is 0. The number of alkyl halides is 3. The smallest absolute Gasteiger partial charge is 0.0420 e. The highest BCUT2D eigenvalue weighted by molar-refractivity contribution is 14.1. The molecule has 0 nitrogen and oxygen atoms in total. The molecule has 0 amide bonds. The molecular formula is C23H25I3. The maximum Gasteiger partial charge on any atom is 0.0420 e. The molecule has 0 saturated carbocycles. The van der Waals surface area contributed by atoms with Gasteiger partial charge in [0.15, 0.2) is 0 Å². The van der Waals surface area contributed by atoms with Crippen LogP contribution in [0.25, 0.3) is 21.5 Å². The van der Waals surface area contributed by atoms with Crippen LogP contribution in [-0.2, 0) is 10.3 Å². The lowest BCUT2D eigenvalue weighted by atomic mass is 9.86. The van der Waals surface area contributed by atoms with Gasteiger partial charge in [-0.1, -0.05) is 104 Å². The first-order valence-electron chi connectivity index (χ1n) is 8.88. The SMILES string of the molecule is CC(C)(I)c1ccc2ccc3c(C(C)(C)I)ccc(C(C)(C)I)c3c2c1. The van der Waals surface area contributed by atoms with E-state index in [1.54, 1.807) is 0 Å². The number of rotatable bonds is 3. The monoisotopic (exact) mass is 682 g/mol. The fraction of sp³-hybridized carbons (Fsp3) is 0.391. The van der Waals surface area contributed by atoms with Gasteiger partial charge in [0, 0.05) is 10.3 Å². The third-order valence-corrected chi connectivity index (χ3v) is 6.75. The van der Waals surface area contributed by atoms with Crippen molar-refractivity contribution in [1.82, 2.24) is 0 Å². The standard InChI is InChI=1S/C23H25I3/c1-21(2,24)15-9-7-14-8-10-16-18(22(3,4)25)11-12-19(23(5,6)26)20(16)17(14)13-15/h7-13H,1-6H3. The Hall–Kier alpha value is 0.370. The summed E-state index contributed by atoms with van der Waals surface area (Å²) in [6.45, 7) is 13.8. The molecule has 0 unspecified atom stereocenters. The van der Waals surface area contributed by atoms with E-state index in [-0.39, 0.29) is 10.3 Å². The summed E-state index contributed by atoms with van der Waals surface area (Å²) in [6, 6.07) is 16.3. The average Bonchev–Trinajstić information content (AvgIpc) is 2.50. The molecule has 0 saturated heterocycles. The molecule has 138 valence electrons. The summed E-state index contributed by atoms with van der Waals surface area (Å²) in [5.41, 5.74) is 4.22.